The van der Waals surface area contributed by atoms with E-state index in [4.69, 9.17) is 21.3 Å². The van der Waals surface area contributed by atoms with Crippen LogP contribution in [0.15, 0.2) is 55.0 Å². The molecule has 1 aromatic carbocycles. The van der Waals surface area contributed by atoms with Gasteiger partial charge in [0.2, 0.25) is 11.9 Å². The lowest BCUT2D eigenvalue weighted by molar-refractivity contribution is -0.126. The highest BCUT2D eigenvalue weighted by molar-refractivity contribution is 6.32. The lowest BCUT2D eigenvalue weighted by Crippen LogP contribution is -2.42. The van der Waals surface area contributed by atoms with Gasteiger partial charge in [-0.3, -0.25) is 9.78 Å². The van der Waals surface area contributed by atoms with Crippen LogP contribution >= 0.6 is 11.6 Å². The molecule has 3 aromatic rings. The molecule has 3 aliphatic rings. The quantitative estimate of drug-likeness (QED) is 0.523. The minimum absolute atomic E-state index is 0.0560. The third-order valence-corrected chi connectivity index (χ3v) is 7.89. The smallest absolute Gasteiger partial charge is 0.233 e. The van der Waals surface area contributed by atoms with Crippen LogP contribution in [0.25, 0.3) is 0 Å². The molecule has 3 fully saturated rings. The van der Waals surface area contributed by atoms with E-state index in [2.05, 4.69) is 37.6 Å². The van der Waals surface area contributed by atoms with Crippen LogP contribution in [0.1, 0.15) is 30.9 Å². The van der Waals surface area contributed by atoms with E-state index in [1.807, 2.05) is 29.2 Å². The van der Waals surface area contributed by atoms with Gasteiger partial charge in [0.15, 0.2) is 5.82 Å². The van der Waals surface area contributed by atoms with E-state index in [0.29, 0.717) is 48.7 Å². The Morgan fingerprint density at radius 3 is 2.76 bits per heavy atom. The average molecular weight is 520 g/mol. The van der Waals surface area contributed by atoms with Crippen molar-refractivity contribution in [1.82, 2.24) is 20.3 Å². The van der Waals surface area contributed by atoms with Crippen LogP contribution in [-0.4, -0.2) is 60.2 Å². The number of carbonyl (C=O) groups excluding carboxylic acids is 1. The number of piperidine rings is 1. The standard InChI is InChI=1S/C27H30ClN7O2/c28-22-17-31-26(33-24(22)34-12-13-37-23(18-34)19-4-2-1-3-5-19)32-20-14-21(16-30-15-20)35-11-8-27(25(35)36)6-9-29-10-7-27/h1-5,14-17,23,29H,6-13,18H2,(H,31,32,33). The van der Waals surface area contributed by atoms with Crippen molar-refractivity contribution >= 4 is 40.6 Å². The highest BCUT2D eigenvalue weighted by Gasteiger charge is 2.47. The summed E-state index contributed by atoms with van der Waals surface area (Å²) in [5.74, 6) is 1.29. The first-order chi connectivity index (χ1) is 18.1. The Morgan fingerprint density at radius 2 is 1.92 bits per heavy atom. The number of morpholine rings is 1. The monoisotopic (exact) mass is 519 g/mol. The van der Waals surface area contributed by atoms with E-state index in [0.717, 1.165) is 43.6 Å². The Hall–Kier alpha value is -3.27. The van der Waals surface area contributed by atoms with Gasteiger partial charge in [0.25, 0.3) is 0 Å². The van der Waals surface area contributed by atoms with Crippen molar-refractivity contribution in [1.29, 1.82) is 0 Å². The van der Waals surface area contributed by atoms with E-state index in [-0.39, 0.29) is 17.4 Å². The molecule has 0 radical (unpaired) electrons. The minimum Gasteiger partial charge on any atom is -0.370 e. The van der Waals surface area contributed by atoms with E-state index < -0.39 is 0 Å². The van der Waals surface area contributed by atoms with Crippen molar-refractivity contribution in [3.63, 3.8) is 0 Å². The van der Waals surface area contributed by atoms with Gasteiger partial charge in [0.1, 0.15) is 11.1 Å². The minimum atomic E-state index is -0.237. The molecule has 0 saturated carbocycles. The summed E-state index contributed by atoms with van der Waals surface area (Å²) in [5, 5.41) is 7.10. The molecule has 6 rings (SSSR count). The Bertz CT molecular complexity index is 1270. The van der Waals surface area contributed by atoms with E-state index in [9.17, 15) is 4.79 Å². The SMILES string of the molecule is O=C1N(c2cncc(Nc3ncc(Cl)c(N4CCOC(c5ccccc5)C4)n3)c2)CCC12CCNCC2. The Morgan fingerprint density at radius 1 is 1.08 bits per heavy atom. The molecule has 192 valence electrons. The fraction of sp³-hybridized carbons (Fsp3) is 0.407. The molecule has 0 aliphatic carbocycles. The summed E-state index contributed by atoms with van der Waals surface area (Å²) in [7, 11) is 0. The van der Waals surface area contributed by atoms with Gasteiger partial charge in [-0.05, 0) is 44.0 Å². The molecule has 1 unspecified atom stereocenters. The zero-order valence-corrected chi connectivity index (χ0v) is 21.3. The molecule has 2 N–H and O–H groups in total. The zero-order valence-electron chi connectivity index (χ0n) is 20.6. The molecule has 10 heteroatoms. The van der Waals surface area contributed by atoms with Crippen molar-refractivity contribution in [2.24, 2.45) is 5.41 Å². The van der Waals surface area contributed by atoms with Crippen molar-refractivity contribution in [2.45, 2.75) is 25.4 Å². The largest absolute Gasteiger partial charge is 0.370 e. The summed E-state index contributed by atoms with van der Waals surface area (Å²) in [4.78, 5) is 30.8. The Balaban J connectivity index is 1.19. The lowest BCUT2D eigenvalue weighted by atomic mass is 9.78. The number of nitrogens with zero attached hydrogens (tertiary/aromatic N) is 5. The van der Waals surface area contributed by atoms with Gasteiger partial charge in [-0.25, -0.2) is 4.98 Å². The van der Waals surface area contributed by atoms with Crippen LogP contribution in [0.2, 0.25) is 5.02 Å². The molecule has 9 nitrogen and oxygen atoms in total. The second-order valence-electron chi connectivity index (χ2n) is 9.88. The molecule has 1 amide bonds. The van der Waals surface area contributed by atoms with Gasteiger partial charge in [-0.1, -0.05) is 41.9 Å². The van der Waals surface area contributed by atoms with E-state index in [1.54, 1.807) is 18.6 Å². The fourth-order valence-electron chi connectivity index (χ4n) is 5.56. The summed E-state index contributed by atoms with van der Waals surface area (Å²) < 4.78 is 6.01. The van der Waals surface area contributed by atoms with Gasteiger partial charge >= 0.3 is 0 Å². The van der Waals surface area contributed by atoms with Crippen LogP contribution in [0.5, 0.6) is 0 Å². The number of halogens is 1. The number of hydrogen-bond donors (Lipinski definition) is 2. The molecule has 1 atom stereocenters. The number of amides is 1. The van der Waals surface area contributed by atoms with Crippen LogP contribution in [-0.2, 0) is 9.53 Å². The number of carbonyl (C=O) groups is 1. The highest BCUT2D eigenvalue weighted by Crippen LogP contribution is 2.42. The lowest BCUT2D eigenvalue weighted by Gasteiger charge is -2.34. The number of pyridine rings is 1. The third kappa shape index (κ3) is 4.86. The van der Waals surface area contributed by atoms with Crippen LogP contribution in [0.3, 0.4) is 0 Å². The van der Waals surface area contributed by atoms with Gasteiger partial charge in [0, 0.05) is 19.6 Å². The first-order valence-electron chi connectivity index (χ1n) is 12.8. The molecule has 1 spiro atoms. The Kier molecular flexibility index (Phi) is 6.67. The van der Waals surface area contributed by atoms with Crippen LogP contribution < -0.4 is 20.4 Å². The maximum Gasteiger partial charge on any atom is 0.233 e. The molecule has 0 bridgehead atoms. The first kappa shape index (κ1) is 24.1. The van der Waals surface area contributed by atoms with Gasteiger partial charge in [0.05, 0.1) is 42.0 Å². The maximum atomic E-state index is 13.3. The third-order valence-electron chi connectivity index (χ3n) is 7.63. The zero-order chi connectivity index (χ0) is 25.2. The summed E-state index contributed by atoms with van der Waals surface area (Å²) in [6, 6.07) is 12.1. The number of ether oxygens (including phenoxy) is 1. The Labute approximate surface area is 221 Å². The number of hydrogen-bond acceptors (Lipinski definition) is 8. The van der Waals surface area contributed by atoms with Crippen LogP contribution in [0, 0.1) is 5.41 Å². The summed E-state index contributed by atoms with van der Waals surface area (Å²) in [6.07, 6.45) is 7.68. The second-order valence-corrected chi connectivity index (χ2v) is 10.3. The number of rotatable bonds is 5. The topological polar surface area (TPSA) is 95.5 Å². The van der Waals surface area contributed by atoms with E-state index >= 15 is 0 Å². The number of nitrogens with one attached hydrogen (secondary N) is 2. The molecular weight excluding hydrogens is 490 g/mol. The average Bonchev–Trinajstić information content (AvgIpc) is 3.25. The predicted octanol–water partition coefficient (Wildman–Crippen LogP) is 3.95. The number of anilines is 4. The molecule has 2 aromatic heterocycles. The maximum absolute atomic E-state index is 13.3. The summed E-state index contributed by atoms with van der Waals surface area (Å²) >= 11 is 6.53. The number of benzene rings is 1. The molecule has 3 saturated heterocycles. The van der Waals surface area contributed by atoms with Crippen molar-refractivity contribution in [2.75, 3.05) is 54.4 Å². The molecular formula is C27H30ClN7O2. The van der Waals surface area contributed by atoms with Crippen LogP contribution in [0.4, 0.5) is 23.1 Å². The normalized spacial score (nSPS) is 21.4. The van der Waals surface area contributed by atoms with Gasteiger partial charge in [-0.2, -0.15) is 4.98 Å². The van der Waals surface area contributed by atoms with Gasteiger partial charge < -0.3 is 25.2 Å². The van der Waals surface area contributed by atoms with E-state index in [1.165, 1.54) is 0 Å². The molecule has 37 heavy (non-hydrogen) atoms. The van der Waals surface area contributed by atoms with Crippen molar-refractivity contribution < 1.29 is 9.53 Å². The first-order valence-corrected chi connectivity index (χ1v) is 13.2. The number of aromatic nitrogens is 3. The van der Waals surface area contributed by atoms with Crippen molar-refractivity contribution in [3.05, 3.63) is 65.6 Å². The molecule has 3 aliphatic heterocycles. The fourth-order valence-corrected chi connectivity index (χ4v) is 5.77. The summed E-state index contributed by atoms with van der Waals surface area (Å²) in [5.41, 5.74) is 2.40. The summed E-state index contributed by atoms with van der Waals surface area (Å²) in [6.45, 7) is 4.41. The van der Waals surface area contributed by atoms with Crippen molar-refractivity contribution in [3.8, 4) is 0 Å². The second kappa shape index (κ2) is 10.2. The molecule has 5 heterocycles. The van der Waals surface area contributed by atoms with Gasteiger partial charge in [-0.15, -0.1) is 0 Å². The highest BCUT2D eigenvalue weighted by atomic mass is 35.5. The predicted molar refractivity (Wildman–Crippen MR) is 143 cm³/mol.